The molecule has 114 valence electrons. The summed E-state index contributed by atoms with van der Waals surface area (Å²) in [6, 6.07) is 5.52. The minimum atomic E-state index is -0.0883. The average Bonchev–Trinajstić information content (AvgIpc) is 2.79. The highest BCUT2D eigenvalue weighted by Crippen LogP contribution is 2.35. The first kappa shape index (κ1) is 16.5. The number of anilines is 1. The lowest BCUT2D eigenvalue weighted by Crippen LogP contribution is -2.24. The minimum Gasteiger partial charge on any atom is -0.397 e. The molecule has 0 aliphatic rings. The number of thioether (sulfide) groups is 1. The smallest absolute Gasteiger partial charge is 0.263 e. The standard InChI is InChI=1S/C15H19ClN2OS2/c1-20-8-4-2-3-7-18-15(19)14-13(17)11-9-10(16)5-6-12(11)21-14/h5-6,9H,2-4,7-8,17H2,1H3,(H,18,19). The van der Waals surface area contributed by atoms with E-state index in [1.54, 1.807) is 0 Å². The summed E-state index contributed by atoms with van der Waals surface area (Å²) in [4.78, 5) is 12.8. The molecule has 2 rings (SSSR count). The summed E-state index contributed by atoms with van der Waals surface area (Å²) in [5.74, 6) is 1.09. The first-order chi connectivity index (χ1) is 10.1. The van der Waals surface area contributed by atoms with Crippen LogP contribution in [-0.2, 0) is 0 Å². The second kappa shape index (κ2) is 7.92. The molecular weight excluding hydrogens is 324 g/mol. The van der Waals surface area contributed by atoms with Crippen molar-refractivity contribution in [2.75, 3.05) is 24.3 Å². The second-order valence-electron chi connectivity index (χ2n) is 4.79. The van der Waals surface area contributed by atoms with Crippen LogP contribution in [0.5, 0.6) is 0 Å². The lowest BCUT2D eigenvalue weighted by Gasteiger charge is -2.04. The average molecular weight is 343 g/mol. The molecule has 0 spiro atoms. The van der Waals surface area contributed by atoms with Gasteiger partial charge in [-0.1, -0.05) is 18.0 Å². The summed E-state index contributed by atoms with van der Waals surface area (Å²) in [5.41, 5.74) is 6.59. The zero-order valence-corrected chi connectivity index (χ0v) is 14.3. The number of hydrogen-bond acceptors (Lipinski definition) is 4. The van der Waals surface area contributed by atoms with Crippen LogP contribution in [0.15, 0.2) is 18.2 Å². The van der Waals surface area contributed by atoms with Crippen molar-refractivity contribution in [2.45, 2.75) is 19.3 Å². The Morgan fingerprint density at radius 1 is 1.38 bits per heavy atom. The Labute approximate surface area is 138 Å². The van der Waals surface area contributed by atoms with Gasteiger partial charge in [-0.3, -0.25) is 4.79 Å². The van der Waals surface area contributed by atoms with Crippen LogP contribution in [-0.4, -0.2) is 24.5 Å². The molecule has 2 aromatic rings. The quantitative estimate of drug-likeness (QED) is 0.733. The van der Waals surface area contributed by atoms with Gasteiger partial charge in [0.05, 0.1) is 5.69 Å². The Bertz CT molecular complexity index is 627. The van der Waals surface area contributed by atoms with E-state index in [1.165, 1.54) is 23.5 Å². The van der Waals surface area contributed by atoms with Crippen molar-refractivity contribution in [3.05, 3.63) is 28.1 Å². The highest BCUT2D eigenvalue weighted by atomic mass is 35.5. The van der Waals surface area contributed by atoms with Crippen molar-refractivity contribution in [1.82, 2.24) is 5.32 Å². The van der Waals surface area contributed by atoms with E-state index in [9.17, 15) is 4.79 Å². The molecule has 6 heteroatoms. The number of amides is 1. The van der Waals surface area contributed by atoms with Crippen molar-refractivity contribution in [2.24, 2.45) is 0 Å². The molecule has 0 bridgehead atoms. The molecule has 1 aromatic heterocycles. The number of benzene rings is 1. The summed E-state index contributed by atoms with van der Waals surface area (Å²) < 4.78 is 0.988. The third-order valence-corrected chi connectivity index (χ3v) is 5.32. The Balaban J connectivity index is 1.95. The van der Waals surface area contributed by atoms with E-state index < -0.39 is 0 Å². The van der Waals surface area contributed by atoms with Crippen LogP contribution in [0.25, 0.3) is 10.1 Å². The number of halogens is 1. The van der Waals surface area contributed by atoms with Gasteiger partial charge in [0.25, 0.3) is 5.91 Å². The maximum absolute atomic E-state index is 12.2. The number of fused-ring (bicyclic) bond motifs is 1. The molecule has 0 fully saturated rings. The topological polar surface area (TPSA) is 55.1 Å². The molecule has 0 unspecified atom stereocenters. The van der Waals surface area contributed by atoms with Gasteiger partial charge >= 0.3 is 0 Å². The van der Waals surface area contributed by atoms with Crippen LogP contribution >= 0.6 is 34.7 Å². The number of nitrogens with one attached hydrogen (secondary N) is 1. The van der Waals surface area contributed by atoms with E-state index in [2.05, 4.69) is 11.6 Å². The van der Waals surface area contributed by atoms with E-state index in [1.807, 2.05) is 30.0 Å². The Morgan fingerprint density at radius 3 is 2.95 bits per heavy atom. The third-order valence-electron chi connectivity index (χ3n) is 3.21. The maximum Gasteiger partial charge on any atom is 0.263 e. The van der Waals surface area contributed by atoms with E-state index in [-0.39, 0.29) is 5.91 Å². The summed E-state index contributed by atoms with van der Waals surface area (Å²) in [6.45, 7) is 0.696. The van der Waals surface area contributed by atoms with Gasteiger partial charge in [0.1, 0.15) is 4.88 Å². The van der Waals surface area contributed by atoms with Crippen LogP contribution in [0.2, 0.25) is 5.02 Å². The first-order valence-electron chi connectivity index (χ1n) is 6.88. The number of rotatable bonds is 7. The van der Waals surface area contributed by atoms with Gasteiger partial charge in [-0.15, -0.1) is 11.3 Å². The summed E-state index contributed by atoms with van der Waals surface area (Å²) in [6.07, 6.45) is 5.44. The van der Waals surface area contributed by atoms with Gasteiger partial charge < -0.3 is 11.1 Å². The van der Waals surface area contributed by atoms with Gasteiger partial charge in [0, 0.05) is 21.7 Å². The molecular formula is C15H19ClN2OS2. The Hall–Kier alpha value is -0.910. The zero-order chi connectivity index (χ0) is 15.2. The molecule has 1 aromatic carbocycles. The molecule has 3 nitrogen and oxygen atoms in total. The highest BCUT2D eigenvalue weighted by molar-refractivity contribution is 7.98. The number of thiophene rings is 1. The molecule has 0 saturated carbocycles. The first-order valence-corrected chi connectivity index (χ1v) is 9.47. The van der Waals surface area contributed by atoms with Crippen LogP contribution in [0.1, 0.15) is 28.9 Å². The fourth-order valence-corrected chi connectivity index (χ4v) is 3.77. The number of unbranched alkanes of at least 4 members (excludes halogenated alkanes) is 2. The number of nitrogens with two attached hydrogens (primary N) is 1. The second-order valence-corrected chi connectivity index (χ2v) is 7.27. The van der Waals surface area contributed by atoms with Crippen molar-refractivity contribution in [3.8, 4) is 0 Å². The number of carbonyl (C=O) groups is 1. The lowest BCUT2D eigenvalue weighted by atomic mass is 10.2. The predicted molar refractivity (Wildman–Crippen MR) is 95.8 cm³/mol. The number of hydrogen-bond donors (Lipinski definition) is 2. The SMILES string of the molecule is CSCCCCCNC(=O)c1sc2ccc(Cl)cc2c1N. The Morgan fingerprint density at radius 2 is 2.19 bits per heavy atom. The highest BCUT2D eigenvalue weighted by Gasteiger charge is 2.16. The van der Waals surface area contributed by atoms with Gasteiger partial charge in [0.15, 0.2) is 0 Å². The number of carbonyl (C=O) groups excluding carboxylic acids is 1. The van der Waals surface area contributed by atoms with Gasteiger partial charge in [-0.05, 0) is 43.0 Å². The lowest BCUT2D eigenvalue weighted by molar-refractivity contribution is 0.0958. The van der Waals surface area contributed by atoms with E-state index in [4.69, 9.17) is 17.3 Å². The molecule has 1 heterocycles. The van der Waals surface area contributed by atoms with Crippen LogP contribution in [0, 0.1) is 0 Å². The largest absolute Gasteiger partial charge is 0.397 e. The van der Waals surface area contributed by atoms with Gasteiger partial charge in [-0.25, -0.2) is 0 Å². The molecule has 0 aliphatic carbocycles. The molecule has 0 aliphatic heterocycles. The minimum absolute atomic E-state index is 0.0883. The maximum atomic E-state index is 12.2. The molecule has 0 radical (unpaired) electrons. The zero-order valence-electron chi connectivity index (χ0n) is 11.9. The van der Waals surface area contributed by atoms with Crippen LogP contribution in [0.3, 0.4) is 0 Å². The molecule has 0 atom stereocenters. The van der Waals surface area contributed by atoms with Crippen LogP contribution in [0.4, 0.5) is 5.69 Å². The van der Waals surface area contributed by atoms with E-state index in [0.29, 0.717) is 22.1 Å². The van der Waals surface area contributed by atoms with Gasteiger partial charge in [-0.2, -0.15) is 11.8 Å². The predicted octanol–water partition coefficient (Wildman–Crippen LogP) is 4.40. The third kappa shape index (κ3) is 4.28. The van der Waals surface area contributed by atoms with Crippen molar-refractivity contribution in [1.29, 1.82) is 0 Å². The number of nitrogen functional groups attached to an aromatic ring is 1. The van der Waals surface area contributed by atoms with Crippen LogP contribution < -0.4 is 11.1 Å². The van der Waals surface area contributed by atoms with Gasteiger partial charge in [0.2, 0.25) is 0 Å². The summed E-state index contributed by atoms with van der Waals surface area (Å²) >= 11 is 9.24. The molecule has 1 amide bonds. The summed E-state index contributed by atoms with van der Waals surface area (Å²) in [5, 5.41) is 4.44. The van der Waals surface area contributed by atoms with Crippen molar-refractivity contribution >= 4 is 56.4 Å². The normalized spacial score (nSPS) is 11.0. The van der Waals surface area contributed by atoms with Crippen molar-refractivity contribution < 1.29 is 4.79 Å². The molecule has 3 N–H and O–H groups in total. The fraction of sp³-hybridized carbons (Fsp3) is 0.400. The van der Waals surface area contributed by atoms with E-state index in [0.717, 1.165) is 22.9 Å². The Kier molecular flexibility index (Phi) is 6.21. The molecule has 0 saturated heterocycles. The fourth-order valence-electron chi connectivity index (χ4n) is 2.09. The summed E-state index contributed by atoms with van der Waals surface area (Å²) in [7, 11) is 0. The molecule has 21 heavy (non-hydrogen) atoms. The van der Waals surface area contributed by atoms with Crippen molar-refractivity contribution in [3.63, 3.8) is 0 Å². The van der Waals surface area contributed by atoms with E-state index >= 15 is 0 Å². The monoisotopic (exact) mass is 342 g/mol.